The molecular formula is C23H27ClN4O2. The van der Waals surface area contributed by atoms with Crippen LogP contribution in [-0.4, -0.2) is 46.8 Å². The average Bonchev–Trinajstić information content (AvgIpc) is 3.12. The minimum absolute atomic E-state index is 0.0117. The van der Waals surface area contributed by atoms with Gasteiger partial charge in [0.1, 0.15) is 11.9 Å². The number of morpholine rings is 1. The van der Waals surface area contributed by atoms with Gasteiger partial charge in [-0.2, -0.15) is 0 Å². The number of para-hydroxylation sites is 2. The molecule has 1 aliphatic heterocycles. The molecule has 1 atom stereocenters. The van der Waals surface area contributed by atoms with Crippen molar-refractivity contribution in [2.75, 3.05) is 26.3 Å². The summed E-state index contributed by atoms with van der Waals surface area (Å²) in [4.78, 5) is 18.2. The van der Waals surface area contributed by atoms with E-state index in [2.05, 4.69) is 16.9 Å². The highest BCUT2D eigenvalue weighted by Crippen LogP contribution is 2.28. The van der Waals surface area contributed by atoms with E-state index in [0.717, 1.165) is 35.3 Å². The molecule has 30 heavy (non-hydrogen) atoms. The van der Waals surface area contributed by atoms with E-state index >= 15 is 0 Å². The largest absolute Gasteiger partial charge is 0.379 e. The van der Waals surface area contributed by atoms with Crippen molar-refractivity contribution in [2.45, 2.75) is 32.2 Å². The summed E-state index contributed by atoms with van der Waals surface area (Å²) in [6.45, 7) is 4.75. The van der Waals surface area contributed by atoms with Crippen LogP contribution in [0.4, 0.5) is 0 Å². The summed E-state index contributed by atoms with van der Waals surface area (Å²) < 4.78 is 7.49. The number of halogens is 1. The molecule has 3 aromatic rings. The highest BCUT2D eigenvalue weighted by Gasteiger charge is 2.27. The van der Waals surface area contributed by atoms with Crippen molar-refractivity contribution in [1.82, 2.24) is 20.0 Å². The number of amides is 1. The molecule has 1 amide bonds. The number of rotatable bonds is 7. The second-order valence-electron chi connectivity index (χ2n) is 7.53. The van der Waals surface area contributed by atoms with Crippen LogP contribution in [-0.2, 0) is 16.0 Å². The fourth-order valence-electron chi connectivity index (χ4n) is 3.94. The number of ether oxygens (including phenoxy) is 1. The molecule has 7 heteroatoms. The molecule has 4 rings (SSSR count). The molecule has 0 spiro atoms. The lowest BCUT2D eigenvalue weighted by Crippen LogP contribution is -2.50. The summed E-state index contributed by atoms with van der Waals surface area (Å²) >= 11 is 6.42. The van der Waals surface area contributed by atoms with Crippen molar-refractivity contribution >= 4 is 28.5 Å². The van der Waals surface area contributed by atoms with Crippen molar-refractivity contribution in [3.8, 4) is 0 Å². The molecule has 1 fully saturated rings. The molecule has 0 bridgehead atoms. The molecule has 2 heterocycles. The fraction of sp³-hybridized carbons (Fsp3) is 0.391. The van der Waals surface area contributed by atoms with Crippen molar-refractivity contribution in [3.63, 3.8) is 0 Å². The number of carbonyl (C=O) groups is 1. The lowest BCUT2D eigenvalue weighted by molar-refractivity contribution is -0.131. The standard InChI is InChI=1S/C23H27ClN4O2/c1-2-7-21(23(29)26-27-12-14-30-15-13-27)28-20-11-6-5-10-19(20)25-22(28)16-17-8-3-4-9-18(17)24/h3-6,8-11,21H,2,7,12-16H2,1H3,(H,26,29)/t21-/m1/s1. The smallest absolute Gasteiger partial charge is 0.257 e. The van der Waals surface area contributed by atoms with E-state index in [-0.39, 0.29) is 11.9 Å². The minimum Gasteiger partial charge on any atom is -0.379 e. The van der Waals surface area contributed by atoms with Crippen molar-refractivity contribution < 1.29 is 9.53 Å². The van der Waals surface area contributed by atoms with Crippen molar-refractivity contribution in [3.05, 3.63) is 64.9 Å². The van der Waals surface area contributed by atoms with Crippen LogP contribution in [0.25, 0.3) is 11.0 Å². The summed E-state index contributed by atoms with van der Waals surface area (Å²) in [5.41, 5.74) is 5.95. The highest BCUT2D eigenvalue weighted by atomic mass is 35.5. The summed E-state index contributed by atoms with van der Waals surface area (Å²) in [5.74, 6) is 0.835. The maximum atomic E-state index is 13.3. The average molecular weight is 427 g/mol. The maximum Gasteiger partial charge on any atom is 0.257 e. The van der Waals surface area contributed by atoms with E-state index in [0.29, 0.717) is 37.7 Å². The summed E-state index contributed by atoms with van der Waals surface area (Å²) in [5, 5.41) is 2.65. The van der Waals surface area contributed by atoms with Gasteiger partial charge in [-0.05, 0) is 30.2 Å². The molecule has 0 unspecified atom stereocenters. The molecule has 1 N–H and O–H groups in total. The molecule has 1 aliphatic rings. The highest BCUT2D eigenvalue weighted by molar-refractivity contribution is 6.31. The molecule has 0 saturated carbocycles. The van der Waals surface area contributed by atoms with Crippen LogP contribution in [0.15, 0.2) is 48.5 Å². The SMILES string of the molecule is CCC[C@H](C(=O)NN1CCOCC1)n1c(Cc2ccccc2Cl)nc2ccccc21. The predicted molar refractivity (Wildman–Crippen MR) is 118 cm³/mol. The molecule has 0 radical (unpaired) electrons. The molecule has 1 saturated heterocycles. The number of aromatic nitrogens is 2. The second kappa shape index (κ2) is 9.60. The summed E-state index contributed by atoms with van der Waals surface area (Å²) in [6, 6.07) is 15.4. The van der Waals surface area contributed by atoms with Crippen molar-refractivity contribution in [2.24, 2.45) is 0 Å². The topological polar surface area (TPSA) is 59.4 Å². The van der Waals surface area contributed by atoms with Gasteiger partial charge in [0, 0.05) is 24.5 Å². The fourth-order valence-corrected chi connectivity index (χ4v) is 4.14. The Bertz CT molecular complexity index is 1010. The summed E-state index contributed by atoms with van der Waals surface area (Å²) in [6.07, 6.45) is 2.19. The minimum atomic E-state index is -0.345. The van der Waals surface area contributed by atoms with Gasteiger partial charge in [-0.1, -0.05) is 55.3 Å². The van der Waals surface area contributed by atoms with Crippen LogP contribution in [0, 0.1) is 0 Å². The first-order valence-corrected chi connectivity index (χ1v) is 10.9. The zero-order valence-corrected chi connectivity index (χ0v) is 17.9. The molecular weight excluding hydrogens is 400 g/mol. The van der Waals surface area contributed by atoms with Gasteiger partial charge in [0.05, 0.1) is 24.2 Å². The van der Waals surface area contributed by atoms with E-state index < -0.39 is 0 Å². The van der Waals surface area contributed by atoms with Gasteiger partial charge >= 0.3 is 0 Å². The van der Waals surface area contributed by atoms with Crippen molar-refractivity contribution in [1.29, 1.82) is 0 Å². The van der Waals surface area contributed by atoms with E-state index in [1.165, 1.54) is 0 Å². The third-order valence-electron chi connectivity index (χ3n) is 5.43. The number of carbonyl (C=O) groups excluding carboxylic acids is 1. The third kappa shape index (κ3) is 4.51. The van der Waals surface area contributed by atoms with E-state index in [4.69, 9.17) is 21.3 Å². The lowest BCUT2D eigenvalue weighted by atomic mass is 10.1. The number of hydrazine groups is 1. The first-order chi connectivity index (χ1) is 14.7. The molecule has 2 aromatic carbocycles. The third-order valence-corrected chi connectivity index (χ3v) is 5.80. The molecule has 158 valence electrons. The number of fused-ring (bicyclic) bond motifs is 1. The second-order valence-corrected chi connectivity index (χ2v) is 7.94. The Hall–Kier alpha value is -2.41. The quantitative estimate of drug-likeness (QED) is 0.620. The number of nitrogens with one attached hydrogen (secondary N) is 1. The maximum absolute atomic E-state index is 13.3. The van der Waals surface area contributed by atoms with E-state index in [1.54, 1.807) is 0 Å². The predicted octanol–water partition coefficient (Wildman–Crippen LogP) is 3.99. The number of imidazole rings is 1. The van der Waals surface area contributed by atoms with Gasteiger partial charge in [0.25, 0.3) is 5.91 Å². The molecule has 6 nitrogen and oxygen atoms in total. The lowest BCUT2D eigenvalue weighted by Gasteiger charge is -2.30. The molecule has 1 aromatic heterocycles. The van der Waals surface area contributed by atoms with Crippen LogP contribution in [0.5, 0.6) is 0 Å². The number of nitrogens with zero attached hydrogens (tertiary/aromatic N) is 3. The Morgan fingerprint density at radius 1 is 1.17 bits per heavy atom. The van der Waals surface area contributed by atoms with Gasteiger partial charge in [-0.3, -0.25) is 10.2 Å². The Labute approximate surface area is 181 Å². The first kappa shape index (κ1) is 20.8. The van der Waals surface area contributed by atoms with Crippen LogP contribution in [0.1, 0.15) is 37.2 Å². The zero-order chi connectivity index (χ0) is 20.9. The summed E-state index contributed by atoms with van der Waals surface area (Å²) in [7, 11) is 0. The van der Waals surface area contributed by atoms with Crippen LogP contribution < -0.4 is 5.43 Å². The van der Waals surface area contributed by atoms with Gasteiger partial charge < -0.3 is 9.30 Å². The van der Waals surface area contributed by atoms with Crippen LogP contribution >= 0.6 is 11.6 Å². The Morgan fingerprint density at radius 3 is 2.67 bits per heavy atom. The normalized spacial score (nSPS) is 15.9. The van der Waals surface area contributed by atoms with E-state index in [1.807, 2.05) is 53.5 Å². The number of benzene rings is 2. The van der Waals surface area contributed by atoms with Gasteiger partial charge in [0.15, 0.2) is 0 Å². The van der Waals surface area contributed by atoms with Gasteiger partial charge in [0.2, 0.25) is 0 Å². The van der Waals surface area contributed by atoms with Crippen LogP contribution in [0.3, 0.4) is 0 Å². The van der Waals surface area contributed by atoms with E-state index in [9.17, 15) is 4.79 Å². The number of hydrogen-bond acceptors (Lipinski definition) is 4. The Morgan fingerprint density at radius 2 is 1.90 bits per heavy atom. The first-order valence-electron chi connectivity index (χ1n) is 10.5. The molecule has 0 aliphatic carbocycles. The Balaban J connectivity index is 1.71. The van der Waals surface area contributed by atoms with Crippen LogP contribution in [0.2, 0.25) is 5.02 Å². The monoisotopic (exact) mass is 426 g/mol. The van der Waals surface area contributed by atoms with Gasteiger partial charge in [-0.15, -0.1) is 0 Å². The Kier molecular flexibility index (Phi) is 6.67. The van der Waals surface area contributed by atoms with Gasteiger partial charge in [-0.25, -0.2) is 9.99 Å². The zero-order valence-electron chi connectivity index (χ0n) is 17.2. The number of hydrogen-bond donors (Lipinski definition) is 1.